The summed E-state index contributed by atoms with van der Waals surface area (Å²) >= 11 is 0. The molecule has 2 amide bonds. The quantitative estimate of drug-likeness (QED) is 0.133. The van der Waals surface area contributed by atoms with Gasteiger partial charge >= 0.3 is 18.1 Å². The number of hydrogen-bond acceptors (Lipinski definition) is 7. The van der Waals surface area contributed by atoms with Crippen LogP contribution in [0.15, 0.2) is 85.2 Å². The highest BCUT2D eigenvalue weighted by atomic mass is 19.4. The minimum Gasteiger partial charge on any atom is -0.459 e. The highest BCUT2D eigenvalue weighted by Crippen LogP contribution is 2.32. The van der Waals surface area contributed by atoms with Crippen molar-refractivity contribution in [2.24, 2.45) is 0 Å². The number of carbonyl (C=O) groups excluding carboxylic acids is 4. The number of anilines is 1. The van der Waals surface area contributed by atoms with Gasteiger partial charge in [-0.15, -0.1) is 0 Å². The molecule has 0 saturated carbocycles. The average molecular weight is 662 g/mol. The second-order valence-corrected chi connectivity index (χ2v) is 11.3. The second kappa shape index (κ2) is 15.4. The number of rotatable bonds is 11. The molecule has 4 aromatic rings. The first-order chi connectivity index (χ1) is 22.7. The molecule has 0 aliphatic heterocycles. The molecule has 4 rings (SSSR count). The molecule has 3 aromatic carbocycles. The number of nitrogens with one attached hydrogen (secondary N) is 1. The summed E-state index contributed by atoms with van der Waals surface area (Å²) in [6.45, 7) is 3.50. The molecule has 12 heteroatoms. The minimum absolute atomic E-state index is 0.0847. The molecule has 0 aliphatic carbocycles. The van der Waals surface area contributed by atoms with Gasteiger partial charge in [-0.25, -0.2) is 4.79 Å². The predicted octanol–water partition coefficient (Wildman–Crippen LogP) is 7.22. The Morgan fingerprint density at radius 3 is 2.21 bits per heavy atom. The zero-order valence-electron chi connectivity index (χ0n) is 26.8. The van der Waals surface area contributed by atoms with Gasteiger partial charge in [0.2, 0.25) is 0 Å². The van der Waals surface area contributed by atoms with E-state index < -0.39 is 29.6 Å². The largest absolute Gasteiger partial charge is 0.459 e. The Morgan fingerprint density at radius 1 is 0.896 bits per heavy atom. The predicted molar refractivity (Wildman–Crippen MR) is 173 cm³/mol. The summed E-state index contributed by atoms with van der Waals surface area (Å²) in [4.78, 5) is 56.4. The summed E-state index contributed by atoms with van der Waals surface area (Å²) in [5.74, 6) is -1.61. The Kier molecular flexibility index (Phi) is 11.3. The molecule has 1 aromatic heterocycles. The van der Waals surface area contributed by atoms with Crippen LogP contribution in [0.1, 0.15) is 68.9 Å². The fraction of sp³-hybridized carbons (Fsp3) is 0.250. The van der Waals surface area contributed by atoms with E-state index in [1.807, 2.05) is 0 Å². The van der Waals surface area contributed by atoms with Crippen LogP contribution in [-0.2, 0) is 22.1 Å². The molecule has 0 aliphatic rings. The number of ether oxygens (including phenoxy) is 2. The van der Waals surface area contributed by atoms with E-state index >= 15 is 0 Å². The van der Waals surface area contributed by atoms with Crippen molar-refractivity contribution in [3.8, 4) is 16.9 Å². The Morgan fingerprint density at radius 2 is 1.58 bits per heavy atom. The van der Waals surface area contributed by atoms with Crippen LogP contribution in [0.25, 0.3) is 11.1 Å². The number of esters is 2. The number of alkyl halides is 3. The normalized spacial score (nSPS) is 11.2. The van der Waals surface area contributed by atoms with Crippen LogP contribution in [0.2, 0.25) is 0 Å². The molecule has 1 N–H and O–H groups in total. The Labute approximate surface area is 275 Å². The number of halogens is 3. The van der Waals surface area contributed by atoms with Crippen LogP contribution in [0.4, 0.5) is 18.9 Å². The van der Waals surface area contributed by atoms with E-state index in [0.29, 0.717) is 29.5 Å². The fourth-order valence-corrected chi connectivity index (χ4v) is 4.69. The van der Waals surface area contributed by atoms with Crippen LogP contribution in [-0.4, -0.2) is 53.8 Å². The van der Waals surface area contributed by atoms with Crippen LogP contribution >= 0.6 is 0 Å². The van der Waals surface area contributed by atoms with Gasteiger partial charge < -0.3 is 19.7 Å². The fourth-order valence-electron chi connectivity index (χ4n) is 4.69. The van der Waals surface area contributed by atoms with Gasteiger partial charge in [-0.2, -0.15) is 13.2 Å². The zero-order chi connectivity index (χ0) is 35.0. The SMILES string of the molecule is CC(C)OC(=O)c1ccc(OC(=O)CCCc2ccc(NC(=O)c3ccncc3-c3ccc(C(F)(F)F)cc3)c(C(=O)N(C)C)c2)cc1. The molecule has 9 nitrogen and oxygen atoms in total. The molecule has 48 heavy (non-hydrogen) atoms. The Balaban J connectivity index is 1.43. The lowest BCUT2D eigenvalue weighted by molar-refractivity contribution is -0.137. The average Bonchev–Trinajstić information content (AvgIpc) is 3.04. The standard InChI is InChI=1S/C36H34F3N3O6/c1-22(2)47-35(46)25-11-15-27(16-12-25)48-32(43)7-5-6-23-8-17-31(29(20-23)34(45)42(3)4)41-33(44)28-18-19-40-21-30(28)24-9-13-26(14-10-24)36(37,38)39/h8-22H,5-7H2,1-4H3,(H,41,44). The highest BCUT2D eigenvalue weighted by Gasteiger charge is 2.30. The maximum Gasteiger partial charge on any atom is 0.416 e. The number of pyridine rings is 1. The Hall–Kier alpha value is -5.52. The van der Waals surface area contributed by atoms with Gasteiger partial charge in [0.15, 0.2) is 0 Å². The second-order valence-electron chi connectivity index (χ2n) is 11.3. The monoisotopic (exact) mass is 661 g/mol. The van der Waals surface area contributed by atoms with E-state index in [1.165, 1.54) is 59.8 Å². The molecule has 0 radical (unpaired) electrons. The molecule has 0 bridgehead atoms. The number of nitrogens with zero attached hydrogens (tertiary/aromatic N) is 2. The van der Waals surface area contributed by atoms with Crippen molar-refractivity contribution in [1.82, 2.24) is 9.88 Å². The zero-order valence-corrected chi connectivity index (χ0v) is 26.8. The van der Waals surface area contributed by atoms with Crippen LogP contribution in [0, 0.1) is 0 Å². The van der Waals surface area contributed by atoms with Crippen molar-refractivity contribution < 1.29 is 41.8 Å². The first kappa shape index (κ1) is 35.3. The number of aromatic nitrogens is 1. The van der Waals surface area contributed by atoms with Gasteiger partial charge in [0.25, 0.3) is 11.8 Å². The lowest BCUT2D eigenvalue weighted by atomic mass is 9.99. The maximum absolute atomic E-state index is 13.4. The topological polar surface area (TPSA) is 115 Å². The van der Waals surface area contributed by atoms with Crippen molar-refractivity contribution in [2.45, 2.75) is 45.4 Å². The molecule has 250 valence electrons. The van der Waals surface area contributed by atoms with Gasteiger partial charge in [-0.1, -0.05) is 18.2 Å². The molecule has 0 spiro atoms. The summed E-state index contributed by atoms with van der Waals surface area (Å²) in [5.41, 5.74) is 1.55. The number of benzene rings is 3. The first-order valence-electron chi connectivity index (χ1n) is 15.0. The van der Waals surface area contributed by atoms with Crippen LogP contribution in [0.3, 0.4) is 0 Å². The molecule has 0 unspecified atom stereocenters. The third kappa shape index (κ3) is 9.27. The number of carbonyl (C=O) groups is 4. The first-order valence-corrected chi connectivity index (χ1v) is 15.0. The van der Waals surface area contributed by atoms with Crippen molar-refractivity contribution in [3.63, 3.8) is 0 Å². The smallest absolute Gasteiger partial charge is 0.416 e. The minimum atomic E-state index is -4.50. The van der Waals surface area contributed by atoms with Crippen LogP contribution in [0.5, 0.6) is 5.75 Å². The van der Waals surface area contributed by atoms with E-state index in [1.54, 1.807) is 46.1 Å². The van der Waals surface area contributed by atoms with E-state index in [0.717, 1.165) is 17.7 Å². The van der Waals surface area contributed by atoms with Crippen molar-refractivity contribution in [1.29, 1.82) is 0 Å². The molecule has 0 fully saturated rings. The van der Waals surface area contributed by atoms with E-state index in [2.05, 4.69) is 10.3 Å². The van der Waals surface area contributed by atoms with Gasteiger partial charge in [-0.05, 0) is 92.4 Å². The Bertz CT molecular complexity index is 1790. The van der Waals surface area contributed by atoms with E-state index in [9.17, 15) is 32.3 Å². The highest BCUT2D eigenvalue weighted by molar-refractivity contribution is 6.11. The summed E-state index contributed by atoms with van der Waals surface area (Å²) in [6.07, 6.45) is -1.06. The number of amides is 2. The summed E-state index contributed by atoms with van der Waals surface area (Å²) < 4.78 is 49.7. The van der Waals surface area contributed by atoms with Gasteiger partial charge in [0.05, 0.1) is 34.0 Å². The lowest BCUT2D eigenvalue weighted by Crippen LogP contribution is -2.24. The van der Waals surface area contributed by atoms with Gasteiger partial charge in [0, 0.05) is 38.5 Å². The molecular weight excluding hydrogens is 627 g/mol. The van der Waals surface area contributed by atoms with Crippen molar-refractivity contribution >= 4 is 29.4 Å². The summed E-state index contributed by atoms with van der Waals surface area (Å²) in [7, 11) is 3.14. The summed E-state index contributed by atoms with van der Waals surface area (Å²) in [5, 5.41) is 2.76. The van der Waals surface area contributed by atoms with Crippen LogP contribution < -0.4 is 10.1 Å². The number of hydrogen-bond donors (Lipinski definition) is 1. The lowest BCUT2D eigenvalue weighted by Gasteiger charge is -2.17. The third-order valence-electron chi connectivity index (χ3n) is 7.07. The van der Waals surface area contributed by atoms with Gasteiger partial charge in [-0.3, -0.25) is 19.4 Å². The molecule has 0 atom stereocenters. The maximum atomic E-state index is 13.4. The van der Waals surface area contributed by atoms with E-state index in [4.69, 9.17) is 9.47 Å². The van der Waals surface area contributed by atoms with E-state index in [-0.39, 0.29) is 41.0 Å². The van der Waals surface area contributed by atoms with Crippen molar-refractivity contribution in [3.05, 3.63) is 113 Å². The van der Waals surface area contributed by atoms with Gasteiger partial charge in [0.1, 0.15) is 5.75 Å². The third-order valence-corrected chi connectivity index (χ3v) is 7.07. The summed E-state index contributed by atoms with van der Waals surface area (Å²) in [6, 6.07) is 16.9. The molecule has 1 heterocycles. The molecular formula is C36H34F3N3O6. The number of aryl methyl sites for hydroxylation is 1. The van der Waals surface area contributed by atoms with Crippen molar-refractivity contribution in [2.75, 3.05) is 19.4 Å². The molecule has 0 saturated heterocycles.